The standard InChI is InChI=1S/C15H15N5O/c1-21-14-9-7-12(8-10-14)11-16-15-17-18-19-20(15)13-5-3-2-4-6-13/h2-10H,11H2,1H3,(H,16,17,19). The SMILES string of the molecule is COc1ccc(CNc2nnnn2-c2ccccc2)cc1. The lowest BCUT2D eigenvalue weighted by molar-refractivity contribution is 0.414. The number of nitrogens with zero attached hydrogens (tertiary/aromatic N) is 4. The van der Waals surface area contributed by atoms with Gasteiger partial charge in [-0.15, -0.1) is 0 Å². The van der Waals surface area contributed by atoms with E-state index in [0.29, 0.717) is 12.5 Å². The summed E-state index contributed by atoms with van der Waals surface area (Å²) in [4.78, 5) is 0. The number of hydrogen-bond acceptors (Lipinski definition) is 5. The molecule has 1 aromatic heterocycles. The van der Waals surface area contributed by atoms with E-state index in [1.54, 1.807) is 11.8 Å². The summed E-state index contributed by atoms with van der Waals surface area (Å²) in [5.41, 5.74) is 2.04. The zero-order chi connectivity index (χ0) is 14.5. The highest BCUT2D eigenvalue weighted by Gasteiger charge is 2.07. The Labute approximate surface area is 122 Å². The van der Waals surface area contributed by atoms with Crippen LogP contribution in [0.15, 0.2) is 54.6 Å². The Hall–Kier alpha value is -2.89. The van der Waals surface area contributed by atoms with E-state index in [0.717, 1.165) is 17.0 Å². The van der Waals surface area contributed by atoms with Crippen LogP contribution >= 0.6 is 0 Å². The largest absolute Gasteiger partial charge is 0.497 e. The molecule has 1 N–H and O–H groups in total. The van der Waals surface area contributed by atoms with Gasteiger partial charge < -0.3 is 10.1 Å². The van der Waals surface area contributed by atoms with Crippen molar-refractivity contribution in [3.63, 3.8) is 0 Å². The molecule has 0 spiro atoms. The third-order valence-corrected chi connectivity index (χ3v) is 3.08. The second-order valence-electron chi connectivity index (χ2n) is 4.45. The Morgan fingerprint density at radius 1 is 1.05 bits per heavy atom. The van der Waals surface area contributed by atoms with Crippen LogP contribution in [-0.2, 0) is 6.54 Å². The molecule has 0 saturated carbocycles. The average Bonchev–Trinajstić information content (AvgIpc) is 3.03. The second-order valence-corrected chi connectivity index (χ2v) is 4.45. The molecule has 0 aliphatic rings. The van der Waals surface area contributed by atoms with E-state index < -0.39 is 0 Å². The molecule has 0 aliphatic heterocycles. The molecule has 0 aliphatic carbocycles. The van der Waals surface area contributed by atoms with Crippen LogP contribution in [0, 0.1) is 0 Å². The summed E-state index contributed by atoms with van der Waals surface area (Å²) in [6.07, 6.45) is 0. The smallest absolute Gasteiger partial charge is 0.248 e. The Bertz CT molecular complexity index is 694. The molecule has 6 heteroatoms. The topological polar surface area (TPSA) is 64.9 Å². The fraction of sp³-hybridized carbons (Fsp3) is 0.133. The second kappa shape index (κ2) is 6.04. The lowest BCUT2D eigenvalue weighted by Crippen LogP contribution is -2.07. The van der Waals surface area contributed by atoms with Gasteiger partial charge in [-0.3, -0.25) is 0 Å². The molecular formula is C15H15N5O. The Kier molecular flexibility index (Phi) is 3.77. The summed E-state index contributed by atoms with van der Waals surface area (Å²) >= 11 is 0. The highest BCUT2D eigenvalue weighted by atomic mass is 16.5. The predicted molar refractivity (Wildman–Crippen MR) is 79.5 cm³/mol. The van der Waals surface area contributed by atoms with E-state index in [1.807, 2.05) is 54.6 Å². The van der Waals surface area contributed by atoms with E-state index in [9.17, 15) is 0 Å². The minimum atomic E-state index is 0.608. The summed E-state index contributed by atoms with van der Waals surface area (Å²) in [6, 6.07) is 17.6. The predicted octanol–water partition coefficient (Wildman–Crippen LogP) is 2.28. The van der Waals surface area contributed by atoms with Crippen molar-refractivity contribution in [3.05, 3.63) is 60.2 Å². The Morgan fingerprint density at radius 2 is 1.81 bits per heavy atom. The van der Waals surface area contributed by atoms with Crippen LogP contribution < -0.4 is 10.1 Å². The summed E-state index contributed by atoms with van der Waals surface area (Å²) in [5, 5.41) is 15.0. The van der Waals surface area contributed by atoms with E-state index in [-0.39, 0.29) is 0 Å². The molecule has 0 amide bonds. The summed E-state index contributed by atoms with van der Waals surface area (Å²) in [7, 11) is 1.65. The first-order valence-electron chi connectivity index (χ1n) is 6.57. The first-order chi connectivity index (χ1) is 10.4. The van der Waals surface area contributed by atoms with Crippen molar-refractivity contribution >= 4 is 5.95 Å². The maximum Gasteiger partial charge on any atom is 0.248 e. The van der Waals surface area contributed by atoms with Gasteiger partial charge in [0.2, 0.25) is 5.95 Å². The zero-order valence-corrected chi connectivity index (χ0v) is 11.6. The number of anilines is 1. The fourth-order valence-electron chi connectivity index (χ4n) is 1.96. The summed E-state index contributed by atoms with van der Waals surface area (Å²) in [6.45, 7) is 0.636. The molecule has 1 heterocycles. The molecule has 3 rings (SSSR count). The molecule has 0 unspecified atom stereocenters. The van der Waals surface area contributed by atoms with Crippen LogP contribution in [0.2, 0.25) is 0 Å². The van der Waals surface area contributed by atoms with Gasteiger partial charge in [-0.25, -0.2) is 0 Å². The maximum absolute atomic E-state index is 5.14. The molecule has 0 atom stereocenters. The Balaban J connectivity index is 1.72. The number of ether oxygens (including phenoxy) is 1. The van der Waals surface area contributed by atoms with Crippen LogP contribution in [-0.4, -0.2) is 27.3 Å². The van der Waals surface area contributed by atoms with E-state index >= 15 is 0 Å². The fourth-order valence-corrected chi connectivity index (χ4v) is 1.96. The molecule has 21 heavy (non-hydrogen) atoms. The first-order valence-corrected chi connectivity index (χ1v) is 6.57. The number of rotatable bonds is 5. The number of benzene rings is 2. The molecule has 2 aromatic carbocycles. The number of nitrogens with one attached hydrogen (secondary N) is 1. The van der Waals surface area contributed by atoms with Crippen LogP contribution in [0.3, 0.4) is 0 Å². The molecule has 0 saturated heterocycles. The van der Waals surface area contributed by atoms with Crippen molar-refractivity contribution in [2.45, 2.75) is 6.54 Å². The third kappa shape index (κ3) is 3.00. The van der Waals surface area contributed by atoms with Crippen LogP contribution in [0.5, 0.6) is 5.75 Å². The third-order valence-electron chi connectivity index (χ3n) is 3.08. The van der Waals surface area contributed by atoms with Crippen molar-refractivity contribution in [1.29, 1.82) is 0 Å². The molecule has 0 radical (unpaired) electrons. The molecular weight excluding hydrogens is 266 g/mol. The minimum absolute atomic E-state index is 0.608. The number of para-hydroxylation sites is 1. The van der Waals surface area contributed by atoms with E-state index in [2.05, 4.69) is 20.8 Å². The van der Waals surface area contributed by atoms with Gasteiger partial charge in [0.15, 0.2) is 0 Å². The summed E-state index contributed by atoms with van der Waals surface area (Å²) in [5.74, 6) is 1.45. The minimum Gasteiger partial charge on any atom is -0.497 e. The van der Waals surface area contributed by atoms with Gasteiger partial charge >= 0.3 is 0 Å². The monoisotopic (exact) mass is 281 g/mol. The van der Waals surface area contributed by atoms with Gasteiger partial charge in [0.25, 0.3) is 0 Å². The van der Waals surface area contributed by atoms with Gasteiger partial charge in [0.05, 0.1) is 12.8 Å². The zero-order valence-electron chi connectivity index (χ0n) is 11.6. The van der Waals surface area contributed by atoms with Gasteiger partial charge in [0.1, 0.15) is 5.75 Å². The highest BCUT2D eigenvalue weighted by Crippen LogP contribution is 2.14. The van der Waals surface area contributed by atoms with Crippen LogP contribution in [0.25, 0.3) is 5.69 Å². The van der Waals surface area contributed by atoms with E-state index in [4.69, 9.17) is 4.74 Å². The molecule has 0 fully saturated rings. The van der Waals surface area contributed by atoms with Gasteiger partial charge in [-0.05, 0) is 40.3 Å². The maximum atomic E-state index is 5.14. The van der Waals surface area contributed by atoms with Crippen LogP contribution in [0.4, 0.5) is 5.95 Å². The lowest BCUT2D eigenvalue weighted by atomic mass is 10.2. The van der Waals surface area contributed by atoms with E-state index in [1.165, 1.54) is 0 Å². The van der Waals surface area contributed by atoms with Crippen LogP contribution in [0.1, 0.15) is 5.56 Å². The highest BCUT2D eigenvalue weighted by molar-refractivity contribution is 5.39. The molecule has 0 bridgehead atoms. The molecule has 106 valence electrons. The van der Waals surface area contributed by atoms with Gasteiger partial charge in [0, 0.05) is 6.54 Å². The van der Waals surface area contributed by atoms with Crippen molar-refractivity contribution in [2.24, 2.45) is 0 Å². The van der Waals surface area contributed by atoms with Crippen molar-refractivity contribution in [1.82, 2.24) is 20.2 Å². The van der Waals surface area contributed by atoms with Gasteiger partial charge in [-0.1, -0.05) is 35.4 Å². The number of tetrazole rings is 1. The number of aromatic nitrogens is 4. The number of hydrogen-bond donors (Lipinski definition) is 1. The first kappa shape index (κ1) is 13.1. The Morgan fingerprint density at radius 3 is 2.52 bits per heavy atom. The van der Waals surface area contributed by atoms with Crippen molar-refractivity contribution in [2.75, 3.05) is 12.4 Å². The lowest BCUT2D eigenvalue weighted by Gasteiger charge is -2.07. The number of methoxy groups -OCH3 is 1. The normalized spacial score (nSPS) is 10.3. The molecule has 6 nitrogen and oxygen atoms in total. The average molecular weight is 281 g/mol. The molecule has 3 aromatic rings. The van der Waals surface area contributed by atoms with Crippen molar-refractivity contribution in [3.8, 4) is 11.4 Å². The summed E-state index contributed by atoms with van der Waals surface area (Å²) < 4.78 is 6.81. The van der Waals surface area contributed by atoms with Crippen molar-refractivity contribution < 1.29 is 4.74 Å². The van der Waals surface area contributed by atoms with Gasteiger partial charge in [-0.2, -0.15) is 4.68 Å². The quantitative estimate of drug-likeness (QED) is 0.777.